The van der Waals surface area contributed by atoms with Gasteiger partial charge in [0, 0.05) is 18.7 Å². The average molecular weight is 431 g/mol. The number of carbonyl (C=O) groups is 2. The number of benzene rings is 1. The number of carbonyl (C=O) groups excluding carboxylic acids is 2. The van der Waals surface area contributed by atoms with Crippen LogP contribution >= 0.6 is 0 Å². The molecule has 162 valence electrons. The minimum Gasteiger partial charge on any atom is -0.365 e. The van der Waals surface area contributed by atoms with Gasteiger partial charge in [-0.25, -0.2) is 9.50 Å². The molecular formula is C21H20F3N5O2. The molecule has 0 spiro atoms. The summed E-state index contributed by atoms with van der Waals surface area (Å²) in [5.74, 6) is -2.11. The number of fused-ring (bicyclic) bond motifs is 1. The zero-order chi connectivity index (χ0) is 22.2. The third-order valence-electron chi connectivity index (χ3n) is 5.61. The van der Waals surface area contributed by atoms with Gasteiger partial charge in [0.15, 0.2) is 5.65 Å². The van der Waals surface area contributed by atoms with Gasteiger partial charge in [0.1, 0.15) is 6.33 Å². The Balaban J connectivity index is 1.45. The van der Waals surface area contributed by atoms with Gasteiger partial charge in [-0.1, -0.05) is 24.3 Å². The van der Waals surface area contributed by atoms with Gasteiger partial charge in [0.05, 0.1) is 23.6 Å². The zero-order valence-electron chi connectivity index (χ0n) is 16.5. The summed E-state index contributed by atoms with van der Waals surface area (Å²) in [6, 6.07) is 10.5. The second kappa shape index (κ2) is 8.01. The number of primary amides is 1. The number of pyridine rings is 1. The molecule has 10 heteroatoms. The number of likely N-dealkylation sites (tertiary alicyclic amines) is 1. The van der Waals surface area contributed by atoms with Gasteiger partial charge >= 0.3 is 6.18 Å². The number of nitrogens with two attached hydrogens (primary N) is 1. The summed E-state index contributed by atoms with van der Waals surface area (Å²) in [6.07, 6.45) is -2.85. The van der Waals surface area contributed by atoms with Crippen LogP contribution in [0.5, 0.6) is 0 Å². The number of halogens is 3. The molecule has 0 atom stereocenters. The van der Waals surface area contributed by atoms with E-state index in [0.29, 0.717) is 11.3 Å². The van der Waals surface area contributed by atoms with E-state index in [1.54, 1.807) is 24.3 Å². The van der Waals surface area contributed by atoms with Crippen LogP contribution in [0.15, 0.2) is 42.7 Å². The molecule has 7 nitrogen and oxygen atoms in total. The monoisotopic (exact) mass is 431 g/mol. The van der Waals surface area contributed by atoms with E-state index in [0.717, 1.165) is 11.1 Å². The Morgan fingerprint density at radius 1 is 1.06 bits per heavy atom. The minimum atomic E-state index is -4.20. The lowest BCUT2D eigenvalue weighted by Gasteiger charge is -2.33. The topological polar surface area (TPSA) is 93.6 Å². The van der Waals surface area contributed by atoms with Crippen LogP contribution in [0.25, 0.3) is 16.9 Å². The molecule has 1 saturated heterocycles. The molecule has 0 aliphatic carbocycles. The molecule has 1 aliphatic heterocycles. The van der Waals surface area contributed by atoms with E-state index in [1.807, 2.05) is 12.1 Å². The van der Waals surface area contributed by atoms with E-state index in [9.17, 15) is 22.8 Å². The molecule has 0 bridgehead atoms. The average Bonchev–Trinajstić information content (AvgIpc) is 3.23. The second-order valence-corrected chi connectivity index (χ2v) is 7.56. The summed E-state index contributed by atoms with van der Waals surface area (Å²) < 4.78 is 39.9. The quantitative estimate of drug-likeness (QED) is 0.688. The van der Waals surface area contributed by atoms with Crippen molar-refractivity contribution in [3.05, 3.63) is 53.9 Å². The Bertz CT molecular complexity index is 1120. The molecule has 2 N–H and O–H groups in total. The van der Waals surface area contributed by atoms with Crippen molar-refractivity contribution >= 4 is 17.5 Å². The molecule has 4 rings (SSSR count). The minimum absolute atomic E-state index is 0.0522. The van der Waals surface area contributed by atoms with E-state index in [4.69, 9.17) is 5.73 Å². The van der Waals surface area contributed by atoms with Crippen molar-refractivity contribution in [2.24, 2.45) is 11.7 Å². The second-order valence-electron chi connectivity index (χ2n) is 7.56. The predicted octanol–water partition coefficient (Wildman–Crippen LogP) is 2.84. The summed E-state index contributed by atoms with van der Waals surface area (Å²) in [7, 11) is 0. The van der Waals surface area contributed by atoms with Crippen LogP contribution in [-0.4, -0.2) is 50.6 Å². The fourth-order valence-corrected chi connectivity index (χ4v) is 3.86. The Morgan fingerprint density at radius 3 is 2.35 bits per heavy atom. The number of nitrogens with zero attached hydrogens (tertiary/aromatic N) is 4. The molecule has 1 aromatic carbocycles. The van der Waals surface area contributed by atoms with Gasteiger partial charge in [0.2, 0.25) is 5.91 Å². The number of hydrogen-bond donors (Lipinski definition) is 1. The van der Waals surface area contributed by atoms with E-state index < -0.39 is 18.0 Å². The van der Waals surface area contributed by atoms with Crippen molar-refractivity contribution in [2.75, 3.05) is 13.1 Å². The van der Waals surface area contributed by atoms with Gasteiger partial charge in [-0.2, -0.15) is 18.3 Å². The smallest absolute Gasteiger partial charge is 0.365 e. The Morgan fingerprint density at radius 2 is 1.74 bits per heavy atom. The number of aromatic nitrogens is 3. The van der Waals surface area contributed by atoms with E-state index in [-0.39, 0.29) is 43.8 Å². The lowest BCUT2D eigenvalue weighted by molar-refractivity contribution is -0.186. The van der Waals surface area contributed by atoms with Crippen LogP contribution in [0.2, 0.25) is 0 Å². The van der Waals surface area contributed by atoms with Crippen molar-refractivity contribution in [1.82, 2.24) is 19.5 Å². The maximum atomic E-state index is 12.8. The highest BCUT2D eigenvalue weighted by atomic mass is 19.4. The van der Waals surface area contributed by atoms with Gasteiger partial charge in [-0.15, -0.1) is 0 Å². The van der Waals surface area contributed by atoms with Crippen LogP contribution in [0.1, 0.15) is 28.8 Å². The third kappa shape index (κ3) is 4.23. The molecule has 1 fully saturated rings. The van der Waals surface area contributed by atoms with Crippen LogP contribution in [-0.2, 0) is 11.2 Å². The van der Waals surface area contributed by atoms with Gasteiger partial charge < -0.3 is 10.6 Å². The normalized spacial score (nSPS) is 15.4. The number of piperidine rings is 1. The highest BCUT2D eigenvalue weighted by molar-refractivity contribution is 5.99. The van der Waals surface area contributed by atoms with Gasteiger partial charge in [0.25, 0.3) is 5.91 Å². The fourth-order valence-electron chi connectivity index (χ4n) is 3.86. The molecule has 0 radical (unpaired) electrons. The Kier molecular flexibility index (Phi) is 5.38. The highest BCUT2D eigenvalue weighted by Gasteiger charge is 2.41. The SMILES string of the molecule is NC(=O)c1ccc(-c2ccc(CC(=O)N3CCC(C(F)(F)F)CC3)cc2)n2ncnc12. The summed E-state index contributed by atoms with van der Waals surface area (Å²) in [5.41, 5.74) is 8.25. The number of amides is 2. The van der Waals surface area contributed by atoms with E-state index in [2.05, 4.69) is 10.1 Å². The fraction of sp³-hybridized carbons (Fsp3) is 0.333. The molecule has 2 aromatic heterocycles. The maximum Gasteiger partial charge on any atom is 0.391 e. The largest absolute Gasteiger partial charge is 0.391 e. The molecule has 3 heterocycles. The number of alkyl halides is 3. The predicted molar refractivity (Wildman–Crippen MR) is 106 cm³/mol. The van der Waals surface area contributed by atoms with Crippen LogP contribution < -0.4 is 5.73 Å². The van der Waals surface area contributed by atoms with Crippen LogP contribution in [0, 0.1) is 5.92 Å². The standard InChI is InChI=1S/C21H20F3N5O2/c22-21(23,24)15-7-9-28(10-8-15)18(30)11-13-1-3-14(4-2-13)17-6-5-16(19(25)31)20-26-12-27-29(17)20/h1-6,12,15H,7-11H2,(H2,25,31). The summed E-state index contributed by atoms with van der Waals surface area (Å²) in [4.78, 5) is 29.6. The Hall–Kier alpha value is -3.43. The first kappa shape index (κ1) is 20.8. The molecule has 2 amide bonds. The first-order valence-electron chi connectivity index (χ1n) is 9.80. The summed E-state index contributed by atoms with van der Waals surface area (Å²) in [5, 5.41) is 4.15. The molecule has 3 aromatic rings. The third-order valence-corrected chi connectivity index (χ3v) is 5.61. The number of hydrogen-bond acceptors (Lipinski definition) is 4. The van der Waals surface area contributed by atoms with E-state index >= 15 is 0 Å². The lowest BCUT2D eigenvalue weighted by atomic mass is 9.96. The molecule has 1 aliphatic rings. The van der Waals surface area contributed by atoms with Crippen molar-refractivity contribution in [1.29, 1.82) is 0 Å². The first-order chi connectivity index (χ1) is 14.7. The van der Waals surface area contributed by atoms with E-state index in [1.165, 1.54) is 15.7 Å². The molecule has 0 unspecified atom stereocenters. The lowest BCUT2D eigenvalue weighted by Crippen LogP contribution is -2.42. The van der Waals surface area contributed by atoms with Gasteiger partial charge in [-0.3, -0.25) is 9.59 Å². The summed E-state index contributed by atoms with van der Waals surface area (Å²) in [6.45, 7) is 0.245. The highest BCUT2D eigenvalue weighted by Crippen LogP contribution is 2.34. The van der Waals surface area contributed by atoms with Crippen LogP contribution in [0.4, 0.5) is 13.2 Å². The number of rotatable bonds is 4. The first-order valence-corrected chi connectivity index (χ1v) is 9.80. The van der Waals surface area contributed by atoms with Crippen molar-refractivity contribution < 1.29 is 22.8 Å². The van der Waals surface area contributed by atoms with Crippen LogP contribution in [0.3, 0.4) is 0 Å². The molecule has 0 saturated carbocycles. The summed E-state index contributed by atoms with van der Waals surface area (Å²) >= 11 is 0. The zero-order valence-corrected chi connectivity index (χ0v) is 16.5. The molecular weight excluding hydrogens is 411 g/mol. The maximum absolute atomic E-state index is 12.8. The van der Waals surface area contributed by atoms with Crippen molar-refractivity contribution in [3.63, 3.8) is 0 Å². The van der Waals surface area contributed by atoms with Crippen molar-refractivity contribution in [2.45, 2.75) is 25.4 Å². The Labute approximate surface area is 175 Å². The van der Waals surface area contributed by atoms with Crippen molar-refractivity contribution in [3.8, 4) is 11.3 Å². The molecule has 31 heavy (non-hydrogen) atoms. The van der Waals surface area contributed by atoms with Gasteiger partial charge in [-0.05, 0) is 30.5 Å².